The highest BCUT2D eigenvalue weighted by atomic mass is 32.1. The lowest BCUT2D eigenvalue weighted by atomic mass is 10.0. The van der Waals surface area contributed by atoms with E-state index in [9.17, 15) is 9.90 Å². The third-order valence-corrected chi connectivity index (χ3v) is 6.60. The molecule has 2 heterocycles. The average Bonchev–Trinajstić information content (AvgIpc) is 3.10. The zero-order valence-electron chi connectivity index (χ0n) is 17.0. The summed E-state index contributed by atoms with van der Waals surface area (Å²) in [6, 6.07) is 14.5. The van der Waals surface area contributed by atoms with E-state index in [1.807, 2.05) is 12.1 Å². The van der Waals surface area contributed by atoms with Gasteiger partial charge in [0.1, 0.15) is 9.88 Å². The molecule has 0 aliphatic carbocycles. The Morgan fingerprint density at radius 3 is 2.87 bits per heavy atom. The van der Waals surface area contributed by atoms with Gasteiger partial charge in [0.05, 0.1) is 31.6 Å². The molecular weight excluding hydrogens is 400 g/mol. The highest BCUT2D eigenvalue weighted by Gasteiger charge is 2.28. The van der Waals surface area contributed by atoms with Crippen molar-refractivity contribution in [1.82, 2.24) is 0 Å². The largest absolute Gasteiger partial charge is 0.462 e. The Balaban J connectivity index is 1.70. The van der Waals surface area contributed by atoms with Gasteiger partial charge in [-0.25, -0.2) is 4.79 Å². The minimum atomic E-state index is -0.344. The van der Waals surface area contributed by atoms with Crippen LogP contribution in [-0.2, 0) is 15.9 Å². The molecule has 0 bridgehead atoms. The molecule has 3 N–H and O–H groups in total. The number of hydrogen-bond donors (Lipinski definition) is 2. The number of esters is 1. The number of carbonyl (C=O) groups excluding carboxylic acids is 1. The lowest BCUT2D eigenvalue weighted by Crippen LogP contribution is -2.44. The number of fused-ring (bicyclic) bond motifs is 1. The van der Waals surface area contributed by atoms with Gasteiger partial charge in [0.2, 0.25) is 0 Å². The lowest BCUT2D eigenvalue weighted by molar-refractivity contribution is 0.00378. The van der Waals surface area contributed by atoms with Gasteiger partial charge in [-0.1, -0.05) is 42.5 Å². The molecule has 0 radical (unpaired) electrons. The van der Waals surface area contributed by atoms with E-state index in [-0.39, 0.29) is 18.7 Å². The average molecular weight is 427 g/mol. The molecule has 1 atom stereocenters. The van der Waals surface area contributed by atoms with E-state index in [1.54, 1.807) is 6.92 Å². The van der Waals surface area contributed by atoms with Crippen LogP contribution in [0.4, 0.5) is 10.7 Å². The number of nitrogen functional groups attached to an aromatic ring is 1. The van der Waals surface area contributed by atoms with Gasteiger partial charge in [0.15, 0.2) is 0 Å². The molecule has 1 aliphatic heterocycles. The van der Waals surface area contributed by atoms with E-state index in [2.05, 4.69) is 35.2 Å². The Morgan fingerprint density at radius 1 is 1.30 bits per heavy atom. The van der Waals surface area contributed by atoms with Crippen LogP contribution >= 0.6 is 11.3 Å². The molecule has 4 rings (SSSR count). The fourth-order valence-corrected chi connectivity index (χ4v) is 4.97. The number of rotatable bonds is 6. The zero-order valence-corrected chi connectivity index (χ0v) is 17.8. The molecule has 0 saturated carbocycles. The van der Waals surface area contributed by atoms with Crippen LogP contribution in [0.15, 0.2) is 42.5 Å². The number of anilines is 2. The van der Waals surface area contributed by atoms with Crippen LogP contribution in [0.1, 0.15) is 27.7 Å². The van der Waals surface area contributed by atoms with Crippen LogP contribution < -0.4 is 10.6 Å². The molecule has 0 spiro atoms. The second kappa shape index (κ2) is 9.04. The summed E-state index contributed by atoms with van der Waals surface area (Å²) >= 11 is 1.37. The van der Waals surface area contributed by atoms with E-state index in [1.165, 1.54) is 16.7 Å². The summed E-state index contributed by atoms with van der Waals surface area (Å²) in [5, 5.41) is 12.6. The number of nitrogens with zero attached hydrogens (tertiary/aromatic N) is 1. The Morgan fingerprint density at radius 2 is 2.10 bits per heavy atom. The van der Waals surface area contributed by atoms with Crippen molar-refractivity contribution in [3.8, 4) is 0 Å². The number of thiophene rings is 1. The first-order valence-corrected chi connectivity index (χ1v) is 11.0. The standard InChI is InChI=1S/C23H26N2O4S/c1-2-28-23(27)21-19(12-15-7-8-16-5-3-4-6-17(16)11-15)20(24)22(30-21)25-9-10-29-18(13-25)14-26/h3-8,11,18,26H,2,9-10,12-14,24H2,1H3. The van der Waals surface area contributed by atoms with E-state index in [0.717, 1.165) is 21.5 Å². The van der Waals surface area contributed by atoms with Gasteiger partial charge in [-0.2, -0.15) is 0 Å². The Labute approximate surface area is 179 Å². The van der Waals surface area contributed by atoms with Crippen molar-refractivity contribution in [3.05, 3.63) is 58.5 Å². The normalized spacial score (nSPS) is 16.7. The lowest BCUT2D eigenvalue weighted by Gasteiger charge is -2.33. The molecule has 1 unspecified atom stereocenters. The summed E-state index contributed by atoms with van der Waals surface area (Å²) in [6.07, 6.45) is 0.296. The van der Waals surface area contributed by atoms with Crippen LogP contribution in [0, 0.1) is 0 Å². The van der Waals surface area contributed by atoms with E-state index < -0.39 is 0 Å². The minimum absolute atomic E-state index is 0.0452. The molecule has 158 valence electrons. The maximum absolute atomic E-state index is 12.7. The number of aliphatic hydroxyl groups excluding tert-OH is 1. The maximum Gasteiger partial charge on any atom is 0.348 e. The fourth-order valence-electron chi connectivity index (χ4n) is 3.80. The highest BCUT2D eigenvalue weighted by Crippen LogP contribution is 2.41. The van der Waals surface area contributed by atoms with Crippen LogP contribution in [0.25, 0.3) is 10.8 Å². The van der Waals surface area contributed by atoms with Crippen LogP contribution in [0.5, 0.6) is 0 Å². The van der Waals surface area contributed by atoms with Crippen molar-refractivity contribution in [2.24, 2.45) is 0 Å². The van der Waals surface area contributed by atoms with Crippen LogP contribution in [-0.4, -0.2) is 50.1 Å². The predicted octanol–water partition coefficient (Wildman–Crippen LogP) is 3.45. The van der Waals surface area contributed by atoms with Crippen LogP contribution in [0.3, 0.4) is 0 Å². The van der Waals surface area contributed by atoms with Gasteiger partial charge in [-0.05, 0) is 23.3 Å². The molecule has 0 amide bonds. The first-order chi connectivity index (χ1) is 14.6. The first kappa shape index (κ1) is 20.7. The van der Waals surface area contributed by atoms with Crippen molar-refractivity contribution in [3.63, 3.8) is 0 Å². The van der Waals surface area contributed by atoms with Gasteiger partial charge in [0, 0.05) is 25.1 Å². The topological polar surface area (TPSA) is 85.0 Å². The molecule has 3 aromatic rings. The predicted molar refractivity (Wildman–Crippen MR) is 120 cm³/mol. The summed E-state index contributed by atoms with van der Waals surface area (Å²) in [4.78, 5) is 15.3. The number of benzene rings is 2. The van der Waals surface area contributed by atoms with Gasteiger partial charge in [-0.3, -0.25) is 0 Å². The monoisotopic (exact) mass is 426 g/mol. The molecular formula is C23H26N2O4S. The zero-order chi connectivity index (χ0) is 21.1. The minimum Gasteiger partial charge on any atom is -0.462 e. The molecule has 1 fully saturated rings. The fraction of sp³-hybridized carbons (Fsp3) is 0.348. The van der Waals surface area contributed by atoms with Crippen molar-refractivity contribution in [1.29, 1.82) is 0 Å². The number of carbonyl (C=O) groups is 1. The third-order valence-electron chi connectivity index (χ3n) is 5.31. The molecule has 1 aliphatic rings. The van der Waals surface area contributed by atoms with Crippen LogP contribution in [0.2, 0.25) is 0 Å². The number of hydrogen-bond acceptors (Lipinski definition) is 7. The van der Waals surface area contributed by atoms with Crippen molar-refractivity contribution in [2.75, 3.05) is 43.5 Å². The molecule has 7 heteroatoms. The molecule has 1 aromatic heterocycles. The summed E-state index contributed by atoms with van der Waals surface area (Å²) < 4.78 is 10.9. The molecule has 30 heavy (non-hydrogen) atoms. The van der Waals surface area contributed by atoms with Crippen molar-refractivity contribution in [2.45, 2.75) is 19.4 Å². The Bertz CT molecular complexity index is 1050. The smallest absolute Gasteiger partial charge is 0.348 e. The molecule has 6 nitrogen and oxygen atoms in total. The number of nitrogens with two attached hydrogens (primary N) is 1. The maximum atomic E-state index is 12.7. The quantitative estimate of drug-likeness (QED) is 0.588. The van der Waals surface area contributed by atoms with E-state index in [4.69, 9.17) is 15.2 Å². The van der Waals surface area contributed by atoms with E-state index in [0.29, 0.717) is 43.3 Å². The highest BCUT2D eigenvalue weighted by molar-refractivity contribution is 7.18. The van der Waals surface area contributed by atoms with E-state index >= 15 is 0 Å². The summed E-state index contributed by atoms with van der Waals surface area (Å²) in [5.41, 5.74) is 9.07. The summed E-state index contributed by atoms with van der Waals surface area (Å²) in [7, 11) is 0. The second-order valence-electron chi connectivity index (χ2n) is 7.33. The van der Waals surface area contributed by atoms with Crippen molar-refractivity contribution < 1.29 is 19.4 Å². The Kier molecular flexibility index (Phi) is 6.22. The number of morpholine rings is 1. The first-order valence-electron chi connectivity index (χ1n) is 10.1. The van der Waals surface area contributed by atoms with Crippen molar-refractivity contribution >= 4 is 38.8 Å². The summed E-state index contributed by atoms with van der Waals surface area (Å²) in [5.74, 6) is -0.344. The SMILES string of the molecule is CCOC(=O)c1sc(N2CCOC(CO)C2)c(N)c1Cc1ccc2ccccc2c1. The Hall–Kier alpha value is -2.61. The molecule has 1 saturated heterocycles. The van der Waals surface area contributed by atoms with Gasteiger partial charge in [0.25, 0.3) is 0 Å². The van der Waals surface area contributed by atoms with Gasteiger partial charge in [-0.15, -0.1) is 11.3 Å². The summed E-state index contributed by atoms with van der Waals surface area (Å²) in [6.45, 7) is 3.78. The second-order valence-corrected chi connectivity index (χ2v) is 8.33. The van der Waals surface area contributed by atoms with Gasteiger partial charge >= 0.3 is 5.97 Å². The number of aliphatic hydroxyl groups is 1. The number of ether oxygens (including phenoxy) is 2. The van der Waals surface area contributed by atoms with Gasteiger partial charge < -0.3 is 25.2 Å². The molecule has 2 aromatic carbocycles. The third kappa shape index (κ3) is 4.14.